The molecule has 1 unspecified atom stereocenters. The number of rotatable bonds is 32. The van der Waals surface area contributed by atoms with Crippen LogP contribution in [0.5, 0.6) is 0 Å². The standard InChI is InChI=1S/C34H66O4.2Li/c1-2-3-4-5-6-7-8-9-11-14-17-20-23-26-29-32(34(37)38)30-27-24-21-18-15-12-10-13-16-19-22-25-28-31-33(35)36;;/h32H,2-31H2,1H3,(H,35,36)(H,37,38);;/q;2*+1/p-2. The van der Waals surface area contributed by atoms with Gasteiger partial charge in [-0.3, -0.25) is 0 Å². The molecule has 40 heavy (non-hydrogen) atoms. The third-order valence-electron chi connectivity index (χ3n) is 8.17. The summed E-state index contributed by atoms with van der Waals surface area (Å²) in [5, 5.41) is 21.9. The van der Waals surface area contributed by atoms with Crippen LogP contribution in [0.1, 0.15) is 200 Å². The van der Waals surface area contributed by atoms with Gasteiger partial charge in [-0.15, -0.1) is 0 Å². The molecule has 0 bridgehead atoms. The van der Waals surface area contributed by atoms with E-state index in [1.807, 2.05) is 0 Å². The molecule has 6 heteroatoms. The molecule has 0 radical (unpaired) electrons. The number of hydrogen-bond acceptors (Lipinski definition) is 4. The van der Waals surface area contributed by atoms with Crippen molar-refractivity contribution < 1.29 is 57.5 Å². The van der Waals surface area contributed by atoms with Gasteiger partial charge in [0, 0.05) is 11.9 Å². The number of aliphatic carboxylic acids is 2. The Hall–Kier alpha value is 0.135. The number of carbonyl (C=O) groups is 2. The van der Waals surface area contributed by atoms with Crippen LogP contribution in [0.15, 0.2) is 0 Å². The van der Waals surface area contributed by atoms with E-state index in [1.165, 1.54) is 135 Å². The monoisotopic (exact) mass is 551 g/mol. The van der Waals surface area contributed by atoms with E-state index in [9.17, 15) is 19.8 Å². The molecule has 0 aliphatic heterocycles. The zero-order valence-corrected chi connectivity index (χ0v) is 27.4. The molecule has 0 amide bonds. The van der Waals surface area contributed by atoms with Gasteiger partial charge in [0.1, 0.15) is 0 Å². The molecular formula is C34H64Li2O4. The second-order valence-electron chi connectivity index (χ2n) is 11.9. The van der Waals surface area contributed by atoms with Crippen molar-refractivity contribution in [1.82, 2.24) is 0 Å². The second-order valence-corrected chi connectivity index (χ2v) is 11.9. The van der Waals surface area contributed by atoms with Crippen LogP contribution in [0.25, 0.3) is 0 Å². The number of carbonyl (C=O) groups excluding carboxylic acids is 2. The Labute approximate surface area is 273 Å². The van der Waals surface area contributed by atoms with Crippen LogP contribution in [0.4, 0.5) is 0 Å². The van der Waals surface area contributed by atoms with Gasteiger partial charge in [0.05, 0.1) is 0 Å². The molecule has 0 rings (SSSR count). The predicted molar refractivity (Wildman–Crippen MR) is 158 cm³/mol. The van der Waals surface area contributed by atoms with Crippen LogP contribution < -0.4 is 47.9 Å². The van der Waals surface area contributed by atoms with Crippen molar-refractivity contribution in [2.45, 2.75) is 200 Å². The average Bonchev–Trinajstić information content (AvgIpc) is 2.89. The normalized spacial score (nSPS) is 11.5. The molecule has 0 aromatic heterocycles. The predicted octanol–water partition coefficient (Wildman–Crippen LogP) is 2.83. The van der Waals surface area contributed by atoms with Gasteiger partial charge in [0.15, 0.2) is 0 Å². The summed E-state index contributed by atoms with van der Waals surface area (Å²) in [7, 11) is 0. The van der Waals surface area contributed by atoms with E-state index in [0.29, 0.717) is 0 Å². The van der Waals surface area contributed by atoms with Crippen LogP contribution in [0.3, 0.4) is 0 Å². The summed E-state index contributed by atoms with van der Waals surface area (Å²) < 4.78 is 0. The van der Waals surface area contributed by atoms with Crippen molar-refractivity contribution in [1.29, 1.82) is 0 Å². The van der Waals surface area contributed by atoms with Gasteiger partial charge in [0.2, 0.25) is 0 Å². The van der Waals surface area contributed by atoms with Crippen LogP contribution in [0, 0.1) is 5.92 Å². The maximum atomic E-state index is 11.5. The first kappa shape index (κ1) is 44.6. The molecule has 0 aromatic rings. The molecule has 0 aliphatic carbocycles. The summed E-state index contributed by atoms with van der Waals surface area (Å²) in [5.74, 6) is -2.00. The first-order valence-electron chi connectivity index (χ1n) is 17.0. The van der Waals surface area contributed by atoms with Gasteiger partial charge in [-0.1, -0.05) is 174 Å². The van der Waals surface area contributed by atoms with E-state index < -0.39 is 11.9 Å². The Kier molecular flexibility index (Phi) is 41.4. The first-order chi connectivity index (χ1) is 18.6. The summed E-state index contributed by atoms with van der Waals surface area (Å²) in [6.45, 7) is 2.27. The molecule has 226 valence electrons. The molecule has 0 fully saturated rings. The Morgan fingerprint density at radius 3 is 0.925 bits per heavy atom. The SMILES string of the molecule is CCCCCCCCCCCCCCCCC(CCCCCCCCCCCCCCCC(=O)[O-])C(=O)[O-].[Li+].[Li+]. The van der Waals surface area contributed by atoms with E-state index in [-0.39, 0.29) is 50.1 Å². The molecule has 0 heterocycles. The maximum Gasteiger partial charge on any atom is 1.00 e. The Morgan fingerprint density at radius 1 is 0.425 bits per heavy atom. The van der Waals surface area contributed by atoms with Gasteiger partial charge in [-0.05, 0) is 31.6 Å². The summed E-state index contributed by atoms with van der Waals surface area (Å²) in [6.07, 6.45) is 35.6. The molecular weight excluding hydrogens is 486 g/mol. The van der Waals surface area contributed by atoms with Crippen LogP contribution in [-0.4, -0.2) is 11.9 Å². The van der Waals surface area contributed by atoms with Crippen molar-refractivity contribution in [3.05, 3.63) is 0 Å². The van der Waals surface area contributed by atoms with Crippen molar-refractivity contribution in [2.75, 3.05) is 0 Å². The summed E-state index contributed by atoms with van der Waals surface area (Å²) >= 11 is 0. The van der Waals surface area contributed by atoms with Gasteiger partial charge in [0.25, 0.3) is 0 Å². The first-order valence-corrected chi connectivity index (χ1v) is 17.0. The summed E-state index contributed by atoms with van der Waals surface area (Å²) in [4.78, 5) is 21.9. The third kappa shape index (κ3) is 36.2. The van der Waals surface area contributed by atoms with Crippen molar-refractivity contribution in [3.63, 3.8) is 0 Å². The quantitative estimate of drug-likeness (QED) is 0.0953. The molecule has 4 nitrogen and oxygen atoms in total. The van der Waals surface area contributed by atoms with Crippen LogP contribution >= 0.6 is 0 Å². The van der Waals surface area contributed by atoms with Crippen molar-refractivity contribution in [2.24, 2.45) is 5.92 Å². The topological polar surface area (TPSA) is 80.3 Å². The van der Waals surface area contributed by atoms with Gasteiger partial charge >= 0.3 is 37.7 Å². The zero-order valence-electron chi connectivity index (χ0n) is 27.4. The minimum Gasteiger partial charge on any atom is -0.550 e. The van der Waals surface area contributed by atoms with Crippen LogP contribution in [0.2, 0.25) is 0 Å². The van der Waals surface area contributed by atoms with Gasteiger partial charge in [-0.25, -0.2) is 0 Å². The van der Waals surface area contributed by atoms with Gasteiger partial charge in [-0.2, -0.15) is 0 Å². The molecule has 0 aromatic carbocycles. The fourth-order valence-corrected chi connectivity index (χ4v) is 5.57. The number of hydrogen-bond donors (Lipinski definition) is 0. The minimum absolute atomic E-state index is 0. The number of carboxylic acid groups (broad SMARTS) is 2. The number of carboxylic acids is 2. The number of unbranched alkanes of at least 4 members (excludes halogenated alkanes) is 25. The molecule has 1 atom stereocenters. The van der Waals surface area contributed by atoms with Crippen molar-refractivity contribution in [3.8, 4) is 0 Å². The van der Waals surface area contributed by atoms with E-state index >= 15 is 0 Å². The summed E-state index contributed by atoms with van der Waals surface area (Å²) in [6, 6.07) is 0. The second kappa shape index (κ2) is 37.2. The molecule has 0 N–H and O–H groups in total. The van der Waals surface area contributed by atoms with E-state index in [0.717, 1.165) is 51.4 Å². The van der Waals surface area contributed by atoms with E-state index in [4.69, 9.17) is 0 Å². The van der Waals surface area contributed by atoms with E-state index in [1.54, 1.807) is 0 Å². The third-order valence-corrected chi connectivity index (χ3v) is 8.17. The Bertz CT molecular complexity index is 516. The van der Waals surface area contributed by atoms with Gasteiger partial charge < -0.3 is 19.8 Å². The molecule has 0 saturated carbocycles. The Balaban J connectivity index is -0.00000684. The Morgan fingerprint density at radius 2 is 0.675 bits per heavy atom. The molecule has 0 spiro atoms. The fraction of sp³-hybridized carbons (Fsp3) is 0.941. The molecule has 0 saturated heterocycles. The maximum absolute atomic E-state index is 11.5. The summed E-state index contributed by atoms with van der Waals surface area (Å²) in [5.41, 5.74) is 0. The fourth-order valence-electron chi connectivity index (χ4n) is 5.57. The largest absolute Gasteiger partial charge is 1.00 e. The minimum atomic E-state index is -0.927. The molecule has 0 aliphatic rings. The van der Waals surface area contributed by atoms with E-state index in [2.05, 4.69) is 6.92 Å². The van der Waals surface area contributed by atoms with Crippen LogP contribution in [-0.2, 0) is 9.59 Å². The zero-order chi connectivity index (χ0) is 27.9. The average molecular weight is 551 g/mol. The van der Waals surface area contributed by atoms with Crippen molar-refractivity contribution >= 4 is 11.9 Å². The smallest absolute Gasteiger partial charge is 0.550 e.